The van der Waals surface area contributed by atoms with Gasteiger partial charge in [0.25, 0.3) is 11.8 Å². The molecule has 2 aromatic rings. The highest BCUT2D eigenvalue weighted by molar-refractivity contribution is 6.35. The molecular formula is C61H79ClN8O21. The molecule has 1 saturated carbocycles. The summed E-state index contributed by atoms with van der Waals surface area (Å²) in [6, 6.07) is 6.71. The third-order valence-corrected chi connectivity index (χ3v) is 16.9. The number of aliphatic hydroxyl groups excluding tert-OH is 1. The Bertz CT molecular complexity index is 3160. The number of hydroxylamine groups is 2. The molecule has 4 heterocycles. The quantitative estimate of drug-likeness (QED) is 0.0570. The van der Waals surface area contributed by atoms with Crippen LogP contribution in [-0.4, -0.2) is 208 Å². The van der Waals surface area contributed by atoms with Crippen molar-refractivity contribution in [2.45, 2.75) is 115 Å². The van der Waals surface area contributed by atoms with Crippen LogP contribution >= 0.6 is 11.6 Å². The van der Waals surface area contributed by atoms with Gasteiger partial charge in [0.1, 0.15) is 67.8 Å². The maximum atomic E-state index is 14.4. The van der Waals surface area contributed by atoms with E-state index in [1.165, 1.54) is 81.2 Å². The topological polar surface area (TPSA) is 347 Å². The van der Waals surface area contributed by atoms with E-state index >= 15 is 0 Å². The average molecular weight is 1300 g/mol. The summed E-state index contributed by atoms with van der Waals surface area (Å²) in [6.45, 7) is 5.87. The fourth-order valence-electron chi connectivity index (χ4n) is 10.6. The Labute approximate surface area is 530 Å². The number of carbonyl (C=O) groups excluding carboxylic acids is 10. The van der Waals surface area contributed by atoms with Crippen molar-refractivity contribution in [2.24, 2.45) is 17.3 Å². The molecule has 29 nitrogen and oxygen atoms in total. The Hall–Kier alpha value is -8.51. The van der Waals surface area contributed by atoms with E-state index in [4.69, 9.17) is 54.3 Å². The molecule has 5 N–H and O–H groups in total. The van der Waals surface area contributed by atoms with Gasteiger partial charge in [-0.1, -0.05) is 61.4 Å². The number of methoxy groups -OCH3 is 1. The van der Waals surface area contributed by atoms with Crippen LogP contribution in [-0.2, 0) is 79.8 Å². The molecule has 5 aliphatic rings. The smallest absolute Gasteiger partial charge is 0.412 e. The van der Waals surface area contributed by atoms with Gasteiger partial charge in [-0.3, -0.25) is 29.8 Å². The van der Waals surface area contributed by atoms with Gasteiger partial charge in [-0.05, 0) is 80.0 Å². The molecule has 4 aliphatic heterocycles. The number of hydrogen-bond donors (Lipinski definition) is 5. The van der Waals surface area contributed by atoms with Crippen molar-refractivity contribution < 1.29 is 101 Å². The highest BCUT2D eigenvalue weighted by Gasteiger charge is 2.62. The maximum absolute atomic E-state index is 14.4. The number of esters is 1. The SMILES string of the molecule is COc1cc2cc(c1Cl)N(C)C(=O)C[C@H](OC(=O)[C@H](C)N(C)C(=O)CCOC(=O)N(C)CCN(C)C(=O)OCc1ccc(NC(=O)OC3/C=C/COCOC3)c(NCC(=O)ON3C(=O)CCC3=O)c1)C1(C)C[C@H]1[C@H](C)[C@@H]1C[C@@](O)(NC(=O)O1)[C@H](O)/C=C/C=C(\C)C2. The minimum Gasteiger partial charge on any atom is -0.495 e. The molecule has 7 rings (SSSR count). The minimum atomic E-state index is -2.09. The van der Waals surface area contributed by atoms with E-state index in [0.717, 1.165) is 16.0 Å². The summed E-state index contributed by atoms with van der Waals surface area (Å²) in [5.74, 6) is -4.77. The predicted octanol–water partition coefficient (Wildman–Crippen LogP) is 4.95. The second kappa shape index (κ2) is 31.0. The van der Waals surface area contributed by atoms with Crippen LogP contribution in [0.5, 0.6) is 5.75 Å². The largest absolute Gasteiger partial charge is 0.495 e. The summed E-state index contributed by atoms with van der Waals surface area (Å²) in [5, 5.41) is 31.1. The van der Waals surface area contributed by atoms with Crippen molar-refractivity contribution in [3.05, 3.63) is 82.4 Å². The second-order valence-electron chi connectivity index (χ2n) is 23.2. The van der Waals surface area contributed by atoms with Crippen molar-refractivity contribution >= 4 is 88.6 Å². The number of benzene rings is 2. The number of halogens is 1. The van der Waals surface area contributed by atoms with Crippen molar-refractivity contribution in [1.82, 2.24) is 25.1 Å². The van der Waals surface area contributed by atoms with Crippen LogP contribution in [0, 0.1) is 17.3 Å². The Balaban J connectivity index is 0.920. The van der Waals surface area contributed by atoms with Gasteiger partial charge in [0, 0.05) is 66.0 Å². The summed E-state index contributed by atoms with van der Waals surface area (Å²) in [5.41, 5.74) is -0.457. The van der Waals surface area contributed by atoms with Crippen LogP contribution in [0.3, 0.4) is 0 Å². The number of fused-ring (bicyclic) bond motifs is 5. The number of rotatable bonds is 18. The number of alkyl carbamates (subject to hydrolysis) is 1. The molecule has 3 fully saturated rings. The van der Waals surface area contributed by atoms with Gasteiger partial charge in [0.15, 0.2) is 5.72 Å². The zero-order valence-corrected chi connectivity index (χ0v) is 52.9. The fraction of sp³-hybridized carbons (Fsp3) is 0.541. The first kappa shape index (κ1) is 70.0. The molecule has 4 bridgehead atoms. The van der Waals surface area contributed by atoms with E-state index in [9.17, 15) is 58.2 Å². The Morgan fingerprint density at radius 2 is 1.63 bits per heavy atom. The number of likely N-dealkylation sites (N-methyl/N-ethyl adjacent to an activating group) is 3. The van der Waals surface area contributed by atoms with E-state index in [1.54, 1.807) is 36.4 Å². The average Bonchev–Trinajstić information content (AvgIpc) is 1.59. The summed E-state index contributed by atoms with van der Waals surface area (Å²) >= 11 is 6.82. The van der Waals surface area contributed by atoms with Crippen LogP contribution < -0.4 is 25.6 Å². The van der Waals surface area contributed by atoms with Crippen molar-refractivity contribution in [3.8, 4) is 5.75 Å². The first-order chi connectivity index (χ1) is 43.1. The van der Waals surface area contributed by atoms with Crippen molar-refractivity contribution in [3.63, 3.8) is 0 Å². The number of amides is 8. The number of imide groups is 1. The first-order valence-corrected chi connectivity index (χ1v) is 29.8. The molecule has 2 aromatic carbocycles. The summed E-state index contributed by atoms with van der Waals surface area (Å²) in [4.78, 5) is 141. The summed E-state index contributed by atoms with van der Waals surface area (Å²) in [6.07, 6.45) is -0.125. The monoisotopic (exact) mass is 1290 g/mol. The van der Waals surface area contributed by atoms with Crippen LogP contribution in [0.1, 0.15) is 77.3 Å². The zero-order chi connectivity index (χ0) is 66.5. The molecule has 0 aromatic heterocycles. The maximum Gasteiger partial charge on any atom is 0.412 e. The van der Waals surface area contributed by atoms with Gasteiger partial charge in [-0.15, -0.1) is 5.06 Å². The zero-order valence-electron chi connectivity index (χ0n) is 52.2. The van der Waals surface area contributed by atoms with Gasteiger partial charge in [0.2, 0.25) is 11.8 Å². The lowest BCUT2D eigenvalue weighted by Crippen LogP contribution is -2.63. The number of carbonyl (C=O) groups is 10. The lowest BCUT2D eigenvalue weighted by Gasteiger charge is -2.41. The number of hydrogen-bond acceptors (Lipinski definition) is 22. The number of ether oxygens (including phenoxy) is 8. The lowest BCUT2D eigenvalue weighted by molar-refractivity contribution is -0.196. The van der Waals surface area contributed by atoms with Crippen molar-refractivity contribution in [2.75, 3.05) is 97.1 Å². The predicted molar refractivity (Wildman–Crippen MR) is 322 cm³/mol. The van der Waals surface area contributed by atoms with E-state index in [2.05, 4.69) is 16.0 Å². The van der Waals surface area contributed by atoms with Gasteiger partial charge >= 0.3 is 36.3 Å². The van der Waals surface area contributed by atoms with E-state index in [0.29, 0.717) is 34.9 Å². The van der Waals surface area contributed by atoms with Gasteiger partial charge < -0.3 is 77.9 Å². The molecule has 2 saturated heterocycles. The van der Waals surface area contributed by atoms with E-state index < -0.39 is 121 Å². The molecule has 1 aliphatic carbocycles. The first-order valence-electron chi connectivity index (χ1n) is 29.4. The molecule has 91 heavy (non-hydrogen) atoms. The van der Waals surface area contributed by atoms with E-state index in [1.807, 2.05) is 20.8 Å². The number of aliphatic hydroxyl groups is 2. The molecular weight excluding hydrogens is 1220 g/mol. The van der Waals surface area contributed by atoms with Gasteiger partial charge in [-0.2, -0.15) is 0 Å². The van der Waals surface area contributed by atoms with Crippen LogP contribution in [0.4, 0.5) is 36.2 Å². The highest BCUT2D eigenvalue weighted by Crippen LogP contribution is 2.61. The van der Waals surface area contributed by atoms with Crippen LogP contribution in [0.15, 0.2) is 66.3 Å². The van der Waals surface area contributed by atoms with Crippen LogP contribution in [0.2, 0.25) is 5.02 Å². The Morgan fingerprint density at radius 3 is 2.33 bits per heavy atom. The van der Waals surface area contributed by atoms with Crippen LogP contribution in [0.25, 0.3) is 0 Å². The summed E-state index contributed by atoms with van der Waals surface area (Å²) < 4.78 is 44.3. The third kappa shape index (κ3) is 18.4. The summed E-state index contributed by atoms with van der Waals surface area (Å²) in [7, 11) is 7.19. The van der Waals surface area contributed by atoms with Crippen molar-refractivity contribution in [1.29, 1.82) is 0 Å². The number of nitrogens with zero attached hydrogens (tertiary/aromatic N) is 5. The highest BCUT2D eigenvalue weighted by atomic mass is 35.5. The number of anilines is 3. The molecule has 8 amide bonds. The van der Waals surface area contributed by atoms with E-state index in [-0.39, 0.29) is 94.1 Å². The Kier molecular flexibility index (Phi) is 23.8. The van der Waals surface area contributed by atoms with Gasteiger partial charge in [0.05, 0.1) is 50.2 Å². The molecule has 30 heteroatoms. The molecule has 2 unspecified atom stereocenters. The third-order valence-electron chi connectivity index (χ3n) is 16.5. The minimum absolute atomic E-state index is 0.00278. The lowest BCUT2D eigenvalue weighted by atomic mass is 9.83. The second-order valence-corrected chi connectivity index (χ2v) is 23.6. The normalized spacial score (nSPS) is 25.8. The fourth-order valence-corrected chi connectivity index (χ4v) is 10.9. The molecule has 9 atom stereocenters. The molecule has 496 valence electrons. The molecule has 0 radical (unpaired) electrons. The van der Waals surface area contributed by atoms with Gasteiger partial charge in [-0.25, -0.2) is 28.8 Å². The number of nitrogens with one attached hydrogen (secondary N) is 3. The standard InChI is InChI=1S/C61H79ClN8O21/c1-35-12-10-14-47(71)61(82)30-46(89-57(79)65-61)36(2)41-29-60(41,4)48(28-52(75)69(8)44-26-39(24-35)27-45(83-9)54(44)62)90-55(77)37(3)68(7)49(72)19-23-86-58(80)66(5)20-21-67(6)59(81)87-32-38-15-16-42(64-56(78)88-40-13-11-22-84-34-85-33-40)43(25-38)63-31-53(76)91-70-50(73)17-18-51(70)74/h10-16,25-27,36-37,40-41,46-48,63,71,82H,17-24,28-34H2,1-9H3,(H,64,78)(H,65,79)/b13-11+,14-10+,35-12+/t36-,37-,40?,41-,46-,47+,48-,60?,61-/m0/s1. The molecule has 0 spiro atoms. The number of allylic oxidation sites excluding steroid dienone is 3. The Morgan fingerprint density at radius 1 is 0.923 bits per heavy atom.